The summed E-state index contributed by atoms with van der Waals surface area (Å²) >= 11 is 0. The van der Waals surface area contributed by atoms with Crippen LogP contribution in [-0.2, 0) is 13.1 Å². The van der Waals surface area contributed by atoms with Crippen molar-refractivity contribution >= 4 is 11.0 Å². The van der Waals surface area contributed by atoms with Crippen LogP contribution in [0.25, 0.3) is 11.0 Å². The largest absolute Gasteiger partial charge is 0.356 e. The lowest BCUT2D eigenvalue weighted by Crippen LogP contribution is -2.45. The molecule has 1 aliphatic heterocycles. The highest BCUT2D eigenvalue weighted by atomic mass is 19.1. The van der Waals surface area contributed by atoms with Crippen LogP contribution < -0.4 is 0 Å². The molecule has 136 valence electrons. The Morgan fingerprint density at radius 1 is 0.885 bits per heavy atom. The molecule has 2 aromatic heterocycles. The fraction of sp³-hybridized carbons (Fsp3) is 0.333. The Kier molecular flexibility index (Phi) is 4.60. The molecule has 0 radical (unpaired) electrons. The zero-order valence-corrected chi connectivity index (χ0v) is 14.0. The van der Waals surface area contributed by atoms with E-state index in [9.17, 15) is 13.2 Å². The number of hydrogen-bond acceptors (Lipinski definition) is 5. The van der Waals surface area contributed by atoms with Crippen molar-refractivity contribution in [3.63, 3.8) is 0 Å². The van der Waals surface area contributed by atoms with Gasteiger partial charge in [-0.3, -0.25) is 14.8 Å². The van der Waals surface area contributed by atoms with Crippen molar-refractivity contribution in [2.75, 3.05) is 26.2 Å². The van der Waals surface area contributed by atoms with Gasteiger partial charge >= 0.3 is 0 Å². The monoisotopic (exact) mass is 362 g/mol. The van der Waals surface area contributed by atoms with Gasteiger partial charge in [-0.05, 0) is 12.1 Å². The van der Waals surface area contributed by atoms with Crippen LogP contribution in [0.3, 0.4) is 0 Å². The fourth-order valence-electron chi connectivity index (χ4n) is 3.17. The molecule has 0 bridgehead atoms. The maximum atomic E-state index is 13.7. The second-order valence-electron chi connectivity index (χ2n) is 6.40. The van der Waals surface area contributed by atoms with Gasteiger partial charge in [0.05, 0.1) is 11.9 Å². The molecular weight excluding hydrogens is 345 g/mol. The van der Waals surface area contributed by atoms with Crippen molar-refractivity contribution in [3.05, 3.63) is 59.3 Å². The lowest BCUT2D eigenvalue weighted by atomic mass is 10.2. The molecule has 0 amide bonds. The van der Waals surface area contributed by atoms with Crippen molar-refractivity contribution in [2.24, 2.45) is 0 Å². The lowest BCUT2D eigenvalue weighted by Gasteiger charge is -2.34. The molecule has 0 N–H and O–H groups in total. The molecular formula is C18H17F3N4O. The Labute approximate surface area is 148 Å². The Hall–Kier alpha value is -2.45. The summed E-state index contributed by atoms with van der Waals surface area (Å²) in [6, 6.07) is 5.26. The predicted octanol–water partition coefficient (Wildman–Crippen LogP) is 2.96. The lowest BCUT2D eigenvalue weighted by molar-refractivity contribution is 0.118. The van der Waals surface area contributed by atoms with E-state index in [2.05, 4.69) is 19.9 Å². The maximum Gasteiger partial charge on any atom is 0.170 e. The summed E-state index contributed by atoms with van der Waals surface area (Å²) in [4.78, 5) is 8.13. The summed E-state index contributed by atoms with van der Waals surface area (Å²) in [5.41, 5.74) is 1.47. The molecule has 1 saturated heterocycles. The second kappa shape index (κ2) is 7.05. The highest BCUT2D eigenvalue weighted by Crippen LogP contribution is 2.21. The number of fused-ring (bicyclic) bond motifs is 1. The minimum Gasteiger partial charge on any atom is -0.356 e. The molecule has 0 spiro atoms. The first-order valence-electron chi connectivity index (χ1n) is 8.37. The van der Waals surface area contributed by atoms with E-state index in [4.69, 9.17) is 4.52 Å². The summed E-state index contributed by atoms with van der Waals surface area (Å²) in [7, 11) is 0. The van der Waals surface area contributed by atoms with E-state index < -0.39 is 11.6 Å². The van der Waals surface area contributed by atoms with E-state index >= 15 is 0 Å². The molecule has 3 heterocycles. The van der Waals surface area contributed by atoms with Crippen LogP contribution in [0.5, 0.6) is 0 Å². The SMILES string of the molecule is Fc1cnc(CN2CCN(Cc3noc4cc(F)ccc34)CC2)c(F)c1. The number of halogens is 3. The van der Waals surface area contributed by atoms with E-state index in [0.29, 0.717) is 18.7 Å². The summed E-state index contributed by atoms with van der Waals surface area (Å²) in [6.07, 6.45) is 1.03. The highest BCUT2D eigenvalue weighted by Gasteiger charge is 2.21. The number of hydrogen-bond donors (Lipinski definition) is 0. The zero-order chi connectivity index (χ0) is 18.1. The van der Waals surface area contributed by atoms with Gasteiger partial charge in [0.1, 0.15) is 23.1 Å². The van der Waals surface area contributed by atoms with Crippen molar-refractivity contribution in [1.82, 2.24) is 19.9 Å². The van der Waals surface area contributed by atoms with Crippen molar-refractivity contribution in [2.45, 2.75) is 13.1 Å². The van der Waals surface area contributed by atoms with Crippen LogP contribution >= 0.6 is 0 Å². The van der Waals surface area contributed by atoms with Crippen LogP contribution in [0, 0.1) is 17.5 Å². The third-order valence-corrected chi connectivity index (χ3v) is 4.60. The molecule has 1 fully saturated rings. The van der Waals surface area contributed by atoms with E-state index in [0.717, 1.165) is 49.5 Å². The molecule has 5 nitrogen and oxygen atoms in total. The van der Waals surface area contributed by atoms with Gasteiger partial charge in [0.25, 0.3) is 0 Å². The molecule has 0 atom stereocenters. The van der Waals surface area contributed by atoms with Gasteiger partial charge in [0, 0.05) is 56.8 Å². The van der Waals surface area contributed by atoms with Gasteiger partial charge in [-0.1, -0.05) is 5.16 Å². The number of nitrogens with zero attached hydrogens (tertiary/aromatic N) is 4. The smallest absolute Gasteiger partial charge is 0.170 e. The molecule has 3 aromatic rings. The van der Waals surface area contributed by atoms with Crippen molar-refractivity contribution < 1.29 is 17.7 Å². The van der Waals surface area contributed by atoms with Gasteiger partial charge < -0.3 is 4.52 Å². The average molecular weight is 362 g/mol. The summed E-state index contributed by atoms with van der Waals surface area (Å²) in [5, 5.41) is 4.86. The minimum atomic E-state index is -0.671. The maximum absolute atomic E-state index is 13.7. The average Bonchev–Trinajstić information content (AvgIpc) is 3.01. The van der Waals surface area contributed by atoms with Gasteiger partial charge in [0.2, 0.25) is 0 Å². The molecule has 4 rings (SSSR count). The summed E-state index contributed by atoms with van der Waals surface area (Å²) in [6.45, 7) is 3.99. The molecule has 0 unspecified atom stereocenters. The predicted molar refractivity (Wildman–Crippen MR) is 88.7 cm³/mol. The second-order valence-corrected chi connectivity index (χ2v) is 6.40. The Bertz CT molecular complexity index is 922. The molecule has 0 saturated carbocycles. The summed E-state index contributed by atoms with van der Waals surface area (Å²) < 4.78 is 45.1. The van der Waals surface area contributed by atoms with E-state index in [1.165, 1.54) is 12.1 Å². The Balaban J connectivity index is 1.36. The van der Waals surface area contributed by atoms with E-state index in [1.54, 1.807) is 6.07 Å². The zero-order valence-electron chi connectivity index (χ0n) is 14.0. The molecule has 0 aliphatic carbocycles. The first kappa shape index (κ1) is 17.0. The topological polar surface area (TPSA) is 45.4 Å². The summed E-state index contributed by atoms with van der Waals surface area (Å²) in [5.74, 6) is -1.64. The Morgan fingerprint density at radius 2 is 1.58 bits per heavy atom. The number of benzene rings is 1. The van der Waals surface area contributed by atoms with Crippen LogP contribution in [0.2, 0.25) is 0 Å². The van der Waals surface area contributed by atoms with Crippen LogP contribution in [0.15, 0.2) is 35.0 Å². The third kappa shape index (κ3) is 3.56. The molecule has 1 aromatic carbocycles. The van der Waals surface area contributed by atoms with Gasteiger partial charge in [0.15, 0.2) is 5.58 Å². The van der Waals surface area contributed by atoms with Gasteiger partial charge in [-0.15, -0.1) is 0 Å². The molecule has 1 aliphatic rings. The number of piperazine rings is 1. The normalized spacial score (nSPS) is 16.4. The highest BCUT2D eigenvalue weighted by molar-refractivity contribution is 5.79. The number of aromatic nitrogens is 2. The fourth-order valence-corrected chi connectivity index (χ4v) is 3.17. The van der Waals surface area contributed by atoms with Crippen LogP contribution in [0.4, 0.5) is 13.2 Å². The quantitative estimate of drug-likeness (QED) is 0.714. The van der Waals surface area contributed by atoms with E-state index in [1.807, 2.05) is 0 Å². The third-order valence-electron chi connectivity index (χ3n) is 4.60. The standard InChI is InChI=1S/C18H17F3N4O/c19-12-1-2-14-16(23-26-18(14)8-12)10-24-3-5-25(6-4-24)11-17-15(21)7-13(20)9-22-17/h1-2,7-9H,3-6,10-11H2. The number of pyridine rings is 1. The van der Waals surface area contributed by atoms with Crippen LogP contribution in [-0.4, -0.2) is 46.1 Å². The van der Waals surface area contributed by atoms with Gasteiger partial charge in [-0.2, -0.15) is 0 Å². The van der Waals surface area contributed by atoms with E-state index in [-0.39, 0.29) is 11.5 Å². The first-order chi connectivity index (χ1) is 12.6. The molecule has 8 heteroatoms. The number of rotatable bonds is 4. The van der Waals surface area contributed by atoms with Crippen LogP contribution in [0.1, 0.15) is 11.4 Å². The van der Waals surface area contributed by atoms with Crippen molar-refractivity contribution in [1.29, 1.82) is 0 Å². The Morgan fingerprint density at radius 3 is 2.27 bits per heavy atom. The minimum absolute atomic E-state index is 0.254. The first-order valence-corrected chi connectivity index (χ1v) is 8.37. The van der Waals surface area contributed by atoms with Gasteiger partial charge in [-0.25, -0.2) is 13.2 Å². The molecule has 26 heavy (non-hydrogen) atoms. The van der Waals surface area contributed by atoms with Crippen molar-refractivity contribution in [3.8, 4) is 0 Å².